The van der Waals surface area contributed by atoms with Gasteiger partial charge in [-0.15, -0.1) is 0 Å². The summed E-state index contributed by atoms with van der Waals surface area (Å²) in [5.74, 6) is 0.874. The van der Waals surface area contributed by atoms with E-state index in [2.05, 4.69) is 10.3 Å². The second-order valence-electron chi connectivity index (χ2n) is 6.43. The Hall–Kier alpha value is -3.35. The van der Waals surface area contributed by atoms with Crippen LogP contribution in [0.2, 0.25) is 0 Å². The van der Waals surface area contributed by atoms with Crippen molar-refractivity contribution in [1.29, 1.82) is 0 Å². The van der Waals surface area contributed by atoms with Crippen LogP contribution in [-0.2, 0) is 11.2 Å². The summed E-state index contributed by atoms with van der Waals surface area (Å²) in [5, 5.41) is 3.43. The molecule has 0 saturated heterocycles. The zero-order chi connectivity index (χ0) is 20.8. The van der Waals surface area contributed by atoms with Crippen LogP contribution < -0.4 is 19.5 Å². The van der Waals surface area contributed by atoms with E-state index >= 15 is 0 Å². The molecule has 1 aromatic heterocycles. The van der Waals surface area contributed by atoms with Crippen LogP contribution in [0.4, 0.5) is 4.39 Å². The Labute approximate surface area is 168 Å². The van der Waals surface area contributed by atoms with Gasteiger partial charge in [-0.25, -0.2) is 4.39 Å². The number of benzene rings is 2. The molecule has 152 valence electrons. The Bertz CT molecular complexity index is 1020. The van der Waals surface area contributed by atoms with Crippen molar-refractivity contribution in [1.82, 2.24) is 10.3 Å². The fraction of sp³-hybridized carbons (Fsp3) is 0.273. The number of pyridine rings is 1. The number of hydrogen-bond donors (Lipinski definition) is 1. The predicted molar refractivity (Wildman–Crippen MR) is 108 cm³/mol. The van der Waals surface area contributed by atoms with E-state index in [1.54, 1.807) is 37.6 Å². The monoisotopic (exact) mass is 398 g/mol. The Morgan fingerprint density at radius 3 is 2.48 bits per heavy atom. The van der Waals surface area contributed by atoms with Crippen LogP contribution >= 0.6 is 0 Å². The number of nitrogens with zero attached hydrogens (tertiary/aromatic N) is 1. The van der Waals surface area contributed by atoms with Crippen molar-refractivity contribution < 1.29 is 23.4 Å². The molecule has 0 atom stereocenters. The van der Waals surface area contributed by atoms with Crippen LogP contribution in [0, 0.1) is 5.82 Å². The van der Waals surface area contributed by atoms with Gasteiger partial charge in [0.25, 0.3) is 0 Å². The highest BCUT2D eigenvalue weighted by Gasteiger charge is 2.14. The van der Waals surface area contributed by atoms with E-state index in [0.29, 0.717) is 40.3 Å². The lowest BCUT2D eigenvalue weighted by molar-refractivity contribution is -0.120. The molecule has 3 aromatic rings. The molecule has 1 heterocycles. The van der Waals surface area contributed by atoms with Crippen LogP contribution in [0.1, 0.15) is 18.9 Å². The number of aromatic nitrogens is 1. The molecule has 0 bridgehead atoms. The number of ether oxygens (including phenoxy) is 3. The van der Waals surface area contributed by atoms with Crippen molar-refractivity contribution >= 4 is 16.8 Å². The third kappa shape index (κ3) is 4.74. The Morgan fingerprint density at radius 1 is 1.03 bits per heavy atom. The average molecular weight is 398 g/mol. The third-order valence-corrected chi connectivity index (χ3v) is 4.36. The molecule has 0 spiro atoms. The summed E-state index contributed by atoms with van der Waals surface area (Å²) in [6.07, 6.45) is 2.55. The van der Waals surface area contributed by atoms with Gasteiger partial charge in [-0.1, -0.05) is 13.0 Å². The number of fused-ring (bicyclic) bond motifs is 1. The summed E-state index contributed by atoms with van der Waals surface area (Å²) in [5.41, 5.74) is 1.21. The quantitative estimate of drug-likeness (QED) is 0.614. The van der Waals surface area contributed by atoms with Gasteiger partial charge in [-0.3, -0.25) is 9.78 Å². The normalized spacial score (nSPS) is 10.6. The minimum Gasteiger partial charge on any atom is -0.493 e. The number of hydrogen-bond acceptors (Lipinski definition) is 5. The van der Waals surface area contributed by atoms with Crippen molar-refractivity contribution in [2.75, 3.05) is 20.8 Å². The summed E-state index contributed by atoms with van der Waals surface area (Å²) < 4.78 is 31.0. The van der Waals surface area contributed by atoms with Crippen LogP contribution in [0.15, 0.2) is 42.6 Å². The maximum atomic E-state index is 14.6. The first-order valence-corrected chi connectivity index (χ1v) is 9.29. The number of carbonyl (C=O) groups excluding carboxylic acids is 1. The van der Waals surface area contributed by atoms with E-state index in [1.807, 2.05) is 6.92 Å². The molecule has 6 nitrogen and oxygen atoms in total. The molecular weight excluding hydrogens is 375 g/mol. The SMILES string of the molecule is CCCNC(=O)Cc1ccc(Oc2ccnc3cc(OC)c(OC)cc23)c(F)c1. The summed E-state index contributed by atoms with van der Waals surface area (Å²) >= 11 is 0. The largest absolute Gasteiger partial charge is 0.493 e. The Morgan fingerprint density at radius 2 is 1.79 bits per heavy atom. The van der Waals surface area contributed by atoms with Gasteiger partial charge in [0, 0.05) is 24.2 Å². The van der Waals surface area contributed by atoms with Gasteiger partial charge >= 0.3 is 0 Å². The number of carbonyl (C=O) groups is 1. The van der Waals surface area contributed by atoms with Gasteiger partial charge in [0.2, 0.25) is 5.91 Å². The fourth-order valence-corrected chi connectivity index (χ4v) is 2.90. The first-order valence-electron chi connectivity index (χ1n) is 9.29. The highest BCUT2D eigenvalue weighted by Crippen LogP contribution is 2.37. The highest BCUT2D eigenvalue weighted by atomic mass is 19.1. The van der Waals surface area contributed by atoms with Crippen molar-refractivity contribution in [2.45, 2.75) is 19.8 Å². The molecular formula is C22H23FN2O4. The summed E-state index contributed by atoms with van der Waals surface area (Å²) in [6.45, 7) is 2.58. The standard InChI is InChI=1S/C22H23FN2O4/c1-4-8-25-22(26)11-14-5-6-19(16(23)10-14)29-18-7-9-24-17-13-21(28-3)20(27-2)12-15(17)18/h5-7,9-10,12-13H,4,8,11H2,1-3H3,(H,25,26). The summed E-state index contributed by atoms with van der Waals surface area (Å²) in [6, 6.07) is 9.63. The molecule has 29 heavy (non-hydrogen) atoms. The third-order valence-electron chi connectivity index (χ3n) is 4.36. The molecule has 7 heteroatoms. The van der Waals surface area contributed by atoms with Gasteiger partial charge in [-0.05, 0) is 36.2 Å². The predicted octanol–water partition coefficient (Wildman–Crippen LogP) is 4.25. The van der Waals surface area contributed by atoms with Crippen LogP contribution in [0.3, 0.4) is 0 Å². The van der Waals surface area contributed by atoms with Crippen LogP contribution in [0.5, 0.6) is 23.0 Å². The molecule has 0 aliphatic rings. The van der Waals surface area contributed by atoms with Gasteiger partial charge in [0.05, 0.1) is 26.2 Å². The maximum Gasteiger partial charge on any atom is 0.224 e. The van der Waals surface area contributed by atoms with Crippen molar-refractivity contribution in [3.63, 3.8) is 0 Å². The van der Waals surface area contributed by atoms with E-state index in [0.717, 1.165) is 6.42 Å². The lowest BCUT2D eigenvalue weighted by atomic mass is 10.1. The smallest absolute Gasteiger partial charge is 0.224 e. The molecule has 1 amide bonds. The summed E-state index contributed by atoms with van der Waals surface area (Å²) in [4.78, 5) is 16.1. The molecule has 2 aromatic carbocycles. The molecule has 0 aliphatic carbocycles. The van der Waals surface area contributed by atoms with Crippen molar-refractivity contribution in [3.8, 4) is 23.0 Å². The second-order valence-corrected chi connectivity index (χ2v) is 6.43. The molecule has 1 N–H and O–H groups in total. The molecule has 3 rings (SSSR count). The first kappa shape index (κ1) is 20.4. The zero-order valence-corrected chi connectivity index (χ0v) is 16.6. The minimum atomic E-state index is -0.545. The van der Waals surface area contributed by atoms with Crippen LogP contribution in [0.25, 0.3) is 10.9 Å². The highest BCUT2D eigenvalue weighted by molar-refractivity contribution is 5.88. The van der Waals surface area contributed by atoms with Crippen molar-refractivity contribution in [2.24, 2.45) is 0 Å². The second kappa shape index (κ2) is 9.23. The van der Waals surface area contributed by atoms with E-state index in [1.165, 1.54) is 19.2 Å². The zero-order valence-electron chi connectivity index (χ0n) is 16.6. The number of methoxy groups -OCH3 is 2. The maximum absolute atomic E-state index is 14.6. The molecule has 0 fully saturated rings. The number of amides is 1. The van der Waals surface area contributed by atoms with Gasteiger partial charge < -0.3 is 19.5 Å². The first-order chi connectivity index (χ1) is 14.0. The molecule has 0 unspecified atom stereocenters. The molecule has 0 aliphatic heterocycles. The lowest BCUT2D eigenvalue weighted by Gasteiger charge is -2.13. The van der Waals surface area contributed by atoms with Crippen molar-refractivity contribution in [3.05, 3.63) is 54.0 Å². The summed E-state index contributed by atoms with van der Waals surface area (Å²) in [7, 11) is 3.08. The number of rotatable bonds is 8. The Balaban J connectivity index is 1.86. The van der Waals surface area contributed by atoms with Gasteiger partial charge in [0.1, 0.15) is 5.75 Å². The Kier molecular flexibility index (Phi) is 6.49. The number of halogens is 1. The van der Waals surface area contributed by atoms with Gasteiger partial charge in [0.15, 0.2) is 23.1 Å². The average Bonchev–Trinajstić information content (AvgIpc) is 2.73. The van der Waals surface area contributed by atoms with E-state index in [-0.39, 0.29) is 18.1 Å². The molecule has 0 radical (unpaired) electrons. The van der Waals surface area contributed by atoms with Crippen LogP contribution in [-0.4, -0.2) is 31.7 Å². The van der Waals surface area contributed by atoms with E-state index in [9.17, 15) is 9.18 Å². The number of nitrogens with one attached hydrogen (secondary N) is 1. The minimum absolute atomic E-state index is 0.0602. The topological polar surface area (TPSA) is 69.7 Å². The fourth-order valence-electron chi connectivity index (χ4n) is 2.90. The lowest BCUT2D eigenvalue weighted by Crippen LogP contribution is -2.25. The van der Waals surface area contributed by atoms with E-state index in [4.69, 9.17) is 14.2 Å². The van der Waals surface area contributed by atoms with Gasteiger partial charge in [-0.2, -0.15) is 0 Å². The molecule has 0 saturated carbocycles. The van der Waals surface area contributed by atoms with E-state index < -0.39 is 5.82 Å².